The van der Waals surface area contributed by atoms with E-state index >= 15 is 0 Å². The van der Waals surface area contributed by atoms with Gasteiger partial charge in [-0.05, 0) is 43.0 Å². The van der Waals surface area contributed by atoms with E-state index in [9.17, 15) is 4.79 Å². The lowest BCUT2D eigenvalue weighted by atomic mass is 10.2. The number of benzene rings is 1. The molecule has 7 heteroatoms. The van der Waals surface area contributed by atoms with Gasteiger partial charge in [-0.15, -0.1) is 11.8 Å². The minimum absolute atomic E-state index is 0.0702. The summed E-state index contributed by atoms with van der Waals surface area (Å²) in [5, 5.41) is 6.88. The topological polar surface area (TPSA) is 77.2 Å². The molecule has 1 aromatic heterocycles. The van der Waals surface area contributed by atoms with E-state index in [2.05, 4.69) is 15.5 Å². The molecule has 0 saturated heterocycles. The first-order chi connectivity index (χ1) is 11.2. The van der Waals surface area contributed by atoms with Crippen molar-refractivity contribution in [3.63, 3.8) is 0 Å². The van der Waals surface area contributed by atoms with Gasteiger partial charge in [-0.1, -0.05) is 5.16 Å². The monoisotopic (exact) mass is 333 g/mol. The van der Waals surface area contributed by atoms with Crippen molar-refractivity contribution in [3.05, 3.63) is 30.1 Å². The van der Waals surface area contributed by atoms with Gasteiger partial charge >= 0.3 is 0 Å². The average Bonchev–Trinajstić information content (AvgIpc) is 3.30. The van der Waals surface area contributed by atoms with Crippen molar-refractivity contribution in [2.75, 3.05) is 19.4 Å². The molecule has 1 heterocycles. The third-order valence-corrected chi connectivity index (χ3v) is 4.48. The van der Waals surface area contributed by atoms with Crippen LogP contribution >= 0.6 is 11.8 Å². The third-order valence-electron chi connectivity index (χ3n) is 3.55. The lowest BCUT2D eigenvalue weighted by Crippen LogP contribution is -2.27. The van der Waals surface area contributed by atoms with Crippen LogP contribution in [-0.4, -0.2) is 35.5 Å². The summed E-state index contributed by atoms with van der Waals surface area (Å²) in [5.41, 5.74) is 0.844. The van der Waals surface area contributed by atoms with Gasteiger partial charge in [0.2, 0.25) is 5.91 Å². The third kappa shape index (κ3) is 4.72. The fourth-order valence-corrected chi connectivity index (χ4v) is 2.72. The van der Waals surface area contributed by atoms with E-state index in [0.29, 0.717) is 29.1 Å². The molecule has 6 nitrogen and oxygen atoms in total. The first-order valence-corrected chi connectivity index (χ1v) is 8.71. The molecule has 1 amide bonds. The normalized spacial score (nSPS) is 13.8. The maximum absolute atomic E-state index is 11.6. The Labute approximate surface area is 139 Å². The quantitative estimate of drug-likeness (QED) is 0.800. The van der Waals surface area contributed by atoms with Gasteiger partial charge in [0, 0.05) is 12.1 Å². The van der Waals surface area contributed by atoms with E-state index in [-0.39, 0.29) is 5.91 Å². The molecule has 1 aromatic carbocycles. The van der Waals surface area contributed by atoms with Crippen molar-refractivity contribution in [2.45, 2.75) is 18.6 Å². The summed E-state index contributed by atoms with van der Waals surface area (Å²) in [7, 11) is 1.62. The predicted molar refractivity (Wildman–Crippen MR) is 88.2 cm³/mol. The molecule has 1 fully saturated rings. The summed E-state index contributed by atoms with van der Waals surface area (Å²) in [4.78, 5) is 16.0. The zero-order chi connectivity index (χ0) is 16.1. The lowest BCUT2D eigenvalue weighted by molar-refractivity contribution is -0.118. The fourth-order valence-electron chi connectivity index (χ4n) is 2.03. The first kappa shape index (κ1) is 15.9. The molecule has 1 aliphatic carbocycles. The highest BCUT2D eigenvalue weighted by molar-refractivity contribution is 7.99. The Kier molecular flexibility index (Phi) is 5.17. The maximum Gasteiger partial charge on any atom is 0.257 e. The SMILES string of the molecule is COc1ccc(-c2nc(CSCC(=O)NCC3CC3)no2)cc1. The first-order valence-electron chi connectivity index (χ1n) is 7.56. The van der Waals surface area contributed by atoms with Crippen LogP contribution in [0.15, 0.2) is 28.8 Å². The van der Waals surface area contributed by atoms with E-state index in [1.54, 1.807) is 7.11 Å². The summed E-state index contributed by atoms with van der Waals surface area (Å²) in [6.07, 6.45) is 2.48. The predicted octanol–water partition coefficient (Wildman–Crippen LogP) is 2.50. The zero-order valence-electron chi connectivity index (χ0n) is 12.9. The van der Waals surface area contributed by atoms with Crippen LogP contribution < -0.4 is 10.1 Å². The molecule has 1 aliphatic rings. The number of ether oxygens (including phenoxy) is 1. The Morgan fingerprint density at radius 3 is 2.87 bits per heavy atom. The highest BCUT2D eigenvalue weighted by Gasteiger charge is 2.21. The molecule has 0 radical (unpaired) electrons. The van der Waals surface area contributed by atoms with Crippen LogP contribution in [0.5, 0.6) is 5.75 Å². The highest BCUT2D eigenvalue weighted by Crippen LogP contribution is 2.27. The number of thioether (sulfide) groups is 1. The van der Waals surface area contributed by atoms with Gasteiger partial charge in [0.1, 0.15) is 5.75 Å². The number of hydrogen-bond acceptors (Lipinski definition) is 6. The van der Waals surface area contributed by atoms with Crippen LogP contribution in [0, 0.1) is 5.92 Å². The van der Waals surface area contributed by atoms with E-state index < -0.39 is 0 Å². The van der Waals surface area contributed by atoms with Crippen molar-refractivity contribution >= 4 is 17.7 Å². The van der Waals surface area contributed by atoms with Gasteiger partial charge in [-0.3, -0.25) is 4.79 Å². The minimum atomic E-state index is 0.0702. The van der Waals surface area contributed by atoms with Crippen LogP contribution in [0.2, 0.25) is 0 Å². The number of nitrogens with one attached hydrogen (secondary N) is 1. The maximum atomic E-state index is 11.6. The molecule has 0 spiro atoms. The summed E-state index contributed by atoms with van der Waals surface area (Å²) < 4.78 is 10.4. The molecule has 1 N–H and O–H groups in total. The number of amides is 1. The summed E-state index contributed by atoms with van der Waals surface area (Å²) in [6.45, 7) is 0.809. The number of methoxy groups -OCH3 is 1. The average molecular weight is 333 g/mol. The van der Waals surface area contributed by atoms with Gasteiger partial charge in [-0.25, -0.2) is 0 Å². The smallest absolute Gasteiger partial charge is 0.257 e. The molecule has 1 saturated carbocycles. The van der Waals surface area contributed by atoms with Gasteiger partial charge in [0.25, 0.3) is 5.89 Å². The van der Waals surface area contributed by atoms with Crippen molar-refractivity contribution in [1.29, 1.82) is 0 Å². The number of carbonyl (C=O) groups is 1. The van der Waals surface area contributed by atoms with Crippen molar-refractivity contribution in [3.8, 4) is 17.2 Å². The summed E-state index contributed by atoms with van der Waals surface area (Å²) in [6, 6.07) is 7.43. The van der Waals surface area contributed by atoms with Crippen LogP contribution in [0.25, 0.3) is 11.5 Å². The van der Waals surface area contributed by atoms with Gasteiger partial charge in [0.15, 0.2) is 5.82 Å². The molecular weight excluding hydrogens is 314 g/mol. The van der Waals surface area contributed by atoms with E-state index in [1.165, 1.54) is 24.6 Å². The number of aromatic nitrogens is 2. The molecule has 2 aromatic rings. The number of nitrogens with zero attached hydrogens (tertiary/aromatic N) is 2. The standard InChI is InChI=1S/C16H19N3O3S/c1-21-13-6-4-12(5-7-13)16-18-14(19-22-16)9-23-10-15(20)17-8-11-2-3-11/h4-7,11H,2-3,8-10H2,1H3,(H,17,20). The fraction of sp³-hybridized carbons (Fsp3) is 0.438. The molecule has 3 rings (SSSR count). The summed E-state index contributed by atoms with van der Waals surface area (Å²) >= 11 is 1.48. The molecule has 0 atom stereocenters. The van der Waals surface area contributed by atoms with Crippen molar-refractivity contribution < 1.29 is 14.1 Å². The molecular formula is C16H19N3O3S. The second-order valence-electron chi connectivity index (χ2n) is 5.48. The summed E-state index contributed by atoms with van der Waals surface area (Å²) in [5.74, 6) is 3.59. The Bertz CT molecular complexity index is 653. The molecule has 0 aliphatic heterocycles. The molecule has 0 unspecified atom stereocenters. The number of hydrogen-bond donors (Lipinski definition) is 1. The second kappa shape index (κ2) is 7.50. The Morgan fingerprint density at radius 2 is 2.17 bits per heavy atom. The zero-order valence-corrected chi connectivity index (χ0v) is 13.8. The largest absolute Gasteiger partial charge is 0.497 e. The van der Waals surface area contributed by atoms with Crippen molar-refractivity contribution in [2.24, 2.45) is 5.92 Å². The minimum Gasteiger partial charge on any atom is -0.497 e. The van der Waals surface area contributed by atoms with E-state index in [4.69, 9.17) is 9.26 Å². The molecule has 0 bridgehead atoms. The molecule has 23 heavy (non-hydrogen) atoms. The van der Waals surface area contributed by atoms with E-state index in [0.717, 1.165) is 17.9 Å². The lowest BCUT2D eigenvalue weighted by Gasteiger charge is -2.02. The Balaban J connectivity index is 1.45. The molecule has 122 valence electrons. The van der Waals surface area contributed by atoms with Crippen molar-refractivity contribution in [1.82, 2.24) is 15.5 Å². The Hall–Kier alpha value is -2.02. The van der Waals surface area contributed by atoms with Crippen LogP contribution in [0.1, 0.15) is 18.7 Å². The highest BCUT2D eigenvalue weighted by atomic mass is 32.2. The Morgan fingerprint density at radius 1 is 1.39 bits per heavy atom. The van der Waals surface area contributed by atoms with Gasteiger partial charge in [0.05, 0.1) is 18.6 Å². The number of rotatable bonds is 8. The van der Waals surface area contributed by atoms with Gasteiger partial charge < -0.3 is 14.6 Å². The van der Waals surface area contributed by atoms with Gasteiger partial charge in [-0.2, -0.15) is 4.98 Å². The number of carbonyl (C=O) groups excluding carboxylic acids is 1. The van der Waals surface area contributed by atoms with E-state index in [1.807, 2.05) is 24.3 Å². The van der Waals surface area contributed by atoms with Crippen LogP contribution in [0.3, 0.4) is 0 Å². The van der Waals surface area contributed by atoms with Crippen LogP contribution in [-0.2, 0) is 10.5 Å². The second-order valence-corrected chi connectivity index (χ2v) is 6.47. The van der Waals surface area contributed by atoms with Crippen LogP contribution in [0.4, 0.5) is 0 Å².